The van der Waals surface area contributed by atoms with Crippen LogP contribution in [0, 0.1) is 0 Å². The normalized spacial score (nSPS) is 15.4. The lowest BCUT2D eigenvalue weighted by Gasteiger charge is -2.31. The third-order valence-electron chi connectivity index (χ3n) is 4.03. The van der Waals surface area contributed by atoms with Crippen molar-refractivity contribution in [2.75, 3.05) is 13.1 Å². The third-order valence-corrected chi connectivity index (χ3v) is 4.03. The zero-order chi connectivity index (χ0) is 16.2. The molecule has 1 aliphatic heterocycles. The fourth-order valence-electron chi connectivity index (χ4n) is 2.78. The smallest absolute Gasteiger partial charge is 0.245 e. The SMILES string of the molecule is C=CC(=O)N1CCC(Oc2cccc(-c3ncnn3C)c2)CC1. The molecule has 1 amide bonds. The summed E-state index contributed by atoms with van der Waals surface area (Å²) < 4.78 is 7.81. The molecule has 0 atom stereocenters. The van der Waals surface area contributed by atoms with Gasteiger partial charge in [-0.3, -0.25) is 4.79 Å². The number of aryl methyl sites for hydroxylation is 1. The maximum absolute atomic E-state index is 11.6. The van der Waals surface area contributed by atoms with Crippen molar-refractivity contribution in [1.82, 2.24) is 19.7 Å². The molecule has 1 fully saturated rings. The Morgan fingerprint density at radius 1 is 1.39 bits per heavy atom. The lowest BCUT2D eigenvalue weighted by molar-refractivity contribution is -0.127. The second-order valence-electron chi connectivity index (χ2n) is 5.58. The van der Waals surface area contributed by atoms with Crippen molar-refractivity contribution in [3.8, 4) is 17.1 Å². The molecule has 0 aliphatic carbocycles. The highest BCUT2D eigenvalue weighted by atomic mass is 16.5. The monoisotopic (exact) mass is 312 g/mol. The summed E-state index contributed by atoms with van der Waals surface area (Å²) in [6, 6.07) is 7.87. The van der Waals surface area contributed by atoms with Gasteiger partial charge < -0.3 is 9.64 Å². The van der Waals surface area contributed by atoms with Gasteiger partial charge in [0.15, 0.2) is 5.82 Å². The minimum absolute atomic E-state index is 0.00673. The van der Waals surface area contributed by atoms with Gasteiger partial charge in [0.05, 0.1) is 0 Å². The molecule has 1 saturated heterocycles. The van der Waals surface area contributed by atoms with Crippen LogP contribution in [0.15, 0.2) is 43.2 Å². The number of amides is 1. The summed E-state index contributed by atoms with van der Waals surface area (Å²) in [5.41, 5.74) is 0.974. The number of ether oxygens (including phenoxy) is 1. The van der Waals surface area contributed by atoms with Gasteiger partial charge in [0, 0.05) is 38.5 Å². The molecule has 0 saturated carbocycles. The van der Waals surface area contributed by atoms with E-state index in [2.05, 4.69) is 16.7 Å². The van der Waals surface area contributed by atoms with Crippen LogP contribution in [-0.2, 0) is 11.8 Å². The van der Waals surface area contributed by atoms with Crippen LogP contribution in [0.1, 0.15) is 12.8 Å². The zero-order valence-electron chi connectivity index (χ0n) is 13.2. The second-order valence-corrected chi connectivity index (χ2v) is 5.58. The highest BCUT2D eigenvalue weighted by molar-refractivity contribution is 5.87. The van der Waals surface area contributed by atoms with Crippen molar-refractivity contribution in [2.24, 2.45) is 7.05 Å². The largest absolute Gasteiger partial charge is 0.490 e. The first-order chi connectivity index (χ1) is 11.2. The molecule has 2 heterocycles. The van der Waals surface area contributed by atoms with Crippen LogP contribution in [-0.4, -0.2) is 44.8 Å². The van der Waals surface area contributed by atoms with Crippen molar-refractivity contribution >= 4 is 5.91 Å². The van der Waals surface area contributed by atoms with E-state index in [4.69, 9.17) is 4.74 Å². The fraction of sp³-hybridized carbons (Fsp3) is 0.353. The van der Waals surface area contributed by atoms with E-state index in [-0.39, 0.29) is 12.0 Å². The van der Waals surface area contributed by atoms with E-state index < -0.39 is 0 Å². The van der Waals surface area contributed by atoms with Crippen LogP contribution in [0.3, 0.4) is 0 Å². The highest BCUT2D eigenvalue weighted by Crippen LogP contribution is 2.24. The molecule has 3 rings (SSSR count). The molecule has 0 N–H and O–H groups in total. The molecule has 6 nitrogen and oxygen atoms in total. The number of rotatable bonds is 4. The van der Waals surface area contributed by atoms with Crippen LogP contribution >= 0.6 is 0 Å². The summed E-state index contributed by atoms with van der Waals surface area (Å²) in [6.07, 6.45) is 4.68. The van der Waals surface area contributed by atoms with Gasteiger partial charge in [-0.1, -0.05) is 18.7 Å². The van der Waals surface area contributed by atoms with Crippen LogP contribution in [0.25, 0.3) is 11.4 Å². The average Bonchev–Trinajstić information content (AvgIpc) is 3.01. The summed E-state index contributed by atoms with van der Waals surface area (Å²) in [6.45, 7) is 4.94. The van der Waals surface area contributed by atoms with E-state index in [1.807, 2.05) is 36.2 Å². The molecule has 6 heteroatoms. The van der Waals surface area contributed by atoms with Gasteiger partial charge in [-0.05, 0) is 18.2 Å². The first kappa shape index (κ1) is 15.3. The quantitative estimate of drug-likeness (QED) is 0.811. The first-order valence-electron chi connectivity index (χ1n) is 7.70. The number of nitrogens with zero attached hydrogens (tertiary/aromatic N) is 4. The minimum Gasteiger partial charge on any atom is -0.490 e. The molecule has 1 aliphatic rings. The standard InChI is InChI=1S/C17H20N4O2/c1-3-16(22)21-9-7-14(8-10-21)23-15-6-4-5-13(11-15)17-18-12-19-20(17)2/h3-6,11-12,14H,1,7-10H2,2H3. The first-order valence-corrected chi connectivity index (χ1v) is 7.70. The zero-order valence-corrected chi connectivity index (χ0v) is 13.2. The van der Waals surface area contributed by atoms with Crippen molar-refractivity contribution in [2.45, 2.75) is 18.9 Å². The summed E-state index contributed by atoms with van der Waals surface area (Å²) in [5.74, 6) is 1.62. The minimum atomic E-state index is -0.00673. The third kappa shape index (κ3) is 3.41. The molecular formula is C17H20N4O2. The molecule has 2 aromatic rings. The molecular weight excluding hydrogens is 292 g/mol. The maximum atomic E-state index is 11.6. The highest BCUT2D eigenvalue weighted by Gasteiger charge is 2.22. The fourth-order valence-corrected chi connectivity index (χ4v) is 2.78. The molecule has 1 aromatic carbocycles. The predicted molar refractivity (Wildman–Crippen MR) is 86.9 cm³/mol. The van der Waals surface area contributed by atoms with Crippen LogP contribution < -0.4 is 4.74 Å². The van der Waals surface area contributed by atoms with Gasteiger partial charge >= 0.3 is 0 Å². The molecule has 0 radical (unpaired) electrons. The Balaban J connectivity index is 1.64. The molecule has 120 valence electrons. The molecule has 0 bridgehead atoms. The van der Waals surface area contributed by atoms with E-state index in [0.717, 1.165) is 30.0 Å². The van der Waals surface area contributed by atoms with Crippen molar-refractivity contribution in [3.05, 3.63) is 43.2 Å². The Morgan fingerprint density at radius 3 is 2.83 bits per heavy atom. The van der Waals surface area contributed by atoms with E-state index in [9.17, 15) is 4.79 Å². The van der Waals surface area contributed by atoms with Gasteiger partial charge in [0.25, 0.3) is 0 Å². The van der Waals surface area contributed by atoms with Gasteiger partial charge in [-0.15, -0.1) is 0 Å². The Morgan fingerprint density at radius 2 is 2.17 bits per heavy atom. The lowest BCUT2D eigenvalue weighted by Crippen LogP contribution is -2.41. The van der Waals surface area contributed by atoms with Gasteiger partial charge in [0.2, 0.25) is 5.91 Å². The maximum Gasteiger partial charge on any atom is 0.245 e. The molecule has 0 unspecified atom stereocenters. The molecule has 0 spiro atoms. The van der Waals surface area contributed by atoms with E-state index in [1.165, 1.54) is 12.4 Å². The van der Waals surface area contributed by atoms with E-state index in [1.54, 1.807) is 4.68 Å². The average molecular weight is 312 g/mol. The number of benzene rings is 1. The summed E-state index contributed by atoms with van der Waals surface area (Å²) >= 11 is 0. The van der Waals surface area contributed by atoms with Crippen LogP contribution in [0.4, 0.5) is 0 Å². The number of aromatic nitrogens is 3. The van der Waals surface area contributed by atoms with Crippen molar-refractivity contribution in [3.63, 3.8) is 0 Å². The summed E-state index contributed by atoms with van der Waals surface area (Å²) in [5, 5.41) is 4.09. The van der Waals surface area contributed by atoms with Crippen molar-refractivity contribution in [1.29, 1.82) is 0 Å². The van der Waals surface area contributed by atoms with E-state index >= 15 is 0 Å². The number of likely N-dealkylation sites (tertiary alicyclic amines) is 1. The second kappa shape index (κ2) is 6.64. The van der Waals surface area contributed by atoms with Crippen LogP contribution in [0.5, 0.6) is 5.75 Å². The number of piperidine rings is 1. The number of carbonyl (C=O) groups is 1. The van der Waals surface area contributed by atoms with Gasteiger partial charge in [0.1, 0.15) is 18.2 Å². The topological polar surface area (TPSA) is 60.3 Å². The Kier molecular flexibility index (Phi) is 4.41. The molecule has 23 heavy (non-hydrogen) atoms. The van der Waals surface area contributed by atoms with Crippen LogP contribution in [0.2, 0.25) is 0 Å². The predicted octanol–water partition coefficient (Wildman–Crippen LogP) is 2.04. The van der Waals surface area contributed by atoms with Gasteiger partial charge in [-0.2, -0.15) is 5.10 Å². The molecule has 1 aromatic heterocycles. The number of hydrogen-bond donors (Lipinski definition) is 0. The Hall–Kier alpha value is -2.63. The lowest BCUT2D eigenvalue weighted by atomic mass is 10.1. The number of carbonyl (C=O) groups excluding carboxylic acids is 1. The summed E-state index contributed by atoms with van der Waals surface area (Å²) in [7, 11) is 1.86. The Labute approximate surface area is 135 Å². The van der Waals surface area contributed by atoms with E-state index in [0.29, 0.717) is 13.1 Å². The Bertz CT molecular complexity index is 702. The van der Waals surface area contributed by atoms with Crippen molar-refractivity contribution < 1.29 is 9.53 Å². The summed E-state index contributed by atoms with van der Waals surface area (Å²) in [4.78, 5) is 17.7. The van der Waals surface area contributed by atoms with Gasteiger partial charge in [-0.25, -0.2) is 9.67 Å². The number of hydrogen-bond acceptors (Lipinski definition) is 4.